The molecule has 0 saturated carbocycles. The normalized spacial score (nSPS) is 10.6. The van der Waals surface area contributed by atoms with Crippen LogP contribution in [0.4, 0.5) is 0 Å². The number of carbonyl (C=O) groups excluding carboxylic acids is 1. The van der Waals surface area contributed by atoms with Crippen molar-refractivity contribution < 1.29 is 14.7 Å². The van der Waals surface area contributed by atoms with Crippen LogP contribution in [0.15, 0.2) is 24.3 Å². The molecular weight excluding hydrogens is 228 g/mol. The second kappa shape index (κ2) is 6.94. The lowest BCUT2D eigenvalue weighted by Crippen LogP contribution is -2.01. The summed E-state index contributed by atoms with van der Waals surface area (Å²) >= 11 is 0. The van der Waals surface area contributed by atoms with Crippen molar-refractivity contribution in [1.29, 1.82) is 0 Å². The molecule has 3 heteroatoms. The van der Waals surface area contributed by atoms with E-state index in [1.807, 2.05) is 24.3 Å². The number of Topliss-reactive ketones (excluding diaryl/α,β-unsaturated/α-hetero) is 1. The Bertz CT molecular complexity index is 404. The first-order valence-corrected chi connectivity index (χ1v) is 6.35. The van der Waals surface area contributed by atoms with Crippen molar-refractivity contribution in [3.63, 3.8) is 0 Å². The summed E-state index contributed by atoms with van der Waals surface area (Å²) in [6, 6.07) is 7.67. The van der Waals surface area contributed by atoms with Gasteiger partial charge in [0.2, 0.25) is 0 Å². The summed E-state index contributed by atoms with van der Waals surface area (Å²) in [4.78, 5) is 22.2. The van der Waals surface area contributed by atoms with E-state index >= 15 is 0 Å². The maximum absolute atomic E-state index is 11.8. The van der Waals surface area contributed by atoms with Crippen LogP contribution < -0.4 is 0 Å². The van der Waals surface area contributed by atoms with Gasteiger partial charge in [-0.05, 0) is 24.3 Å². The van der Waals surface area contributed by atoms with Gasteiger partial charge in [0.15, 0.2) is 5.78 Å². The predicted molar refractivity (Wildman–Crippen MR) is 71.0 cm³/mol. The van der Waals surface area contributed by atoms with Crippen LogP contribution in [0.2, 0.25) is 0 Å². The molecular formula is C15H20O3. The molecule has 0 aliphatic carbocycles. The Kier molecular flexibility index (Phi) is 5.56. The van der Waals surface area contributed by atoms with Crippen molar-refractivity contribution in [2.45, 2.75) is 45.4 Å². The first-order chi connectivity index (χ1) is 8.50. The minimum atomic E-state index is -0.802. The Morgan fingerprint density at radius 1 is 1.06 bits per heavy atom. The van der Waals surface area contributed by atoms with Crippen LogP contribution in [-0.4, -0.2) is 16.9 Å². The van der Waals surface area contributed by atoms with E-state index in [1.165, 1.54) is 5.56 Å². The molecule has 0 heterocycles. The average Bonchev–Trinajstić information content (AvgIpc) is 2.34. The van der Waals surface area contributed by atoms with Crippen molar-refractivity contribution in [3.8, 4) is 0 Å². The third-order valence-electron chi connectivity index (χ3n) is 2.94. The lowest BCUT2D eigenvalue weighted by Gasteiger charge is -2.06. The molecule has 0 radical (unpaired) electrons. The molecule has 3 nitrogen and oxygen atoms in total. The van der Waals surface area contributed by atoms with Crippen molar-refractivity contribution in [3.05, 3.63) is 35.4 Å². The molecule has 0 spiro atoms. The lowest BCUT2D eigenvalue weighted by molar-refractivity contribution is -0.137. The molecule has 18 heavy (non-hydrogen) atoms. The number of benzene rings is 1. The number of aliphatic carboxylic acids is 1. The highest BCUT2D eigenvalue weighted by Crippen LogP contribution is 2.16. The molecule has 0 bridgehead atoms. The molecule has 98 valence electrons. The van der Waals surface area contributed by atoms with Gasteiger partial charge in [0.25, 0.3) is 0 Å². The van der Waals surface area contributed by atoms with Gasteiger partial charge in [-0.1, -0.05) is 38.1 Å². The van der Waals surface area contributed by atoms with Gasteiger partial charge in [-0.25, -0.2) is 0 Å². The quantitative estimate of drug-likeness (QED) is 0.592. The maximum Gasteiger partial charge on any atom is 0.303 e. The number of carboxylic acid groups (broad SMARTS) is 1. The topological polar surface area (TPSA) is 54.4 Å². The van der Waals surface area contributed by atoms with Crippen molar-refractivity contribution in [2.24, 2.45) is 0 Å². The fourth-order valence-electron chi connectivity index (χ4n) is 1.76. The van der Waals surface area contributed by atoms with Crippen LogP contribution in [0, 0.1) is 0 Å². The minimum Gasteiger partial charge on any atom is -0.481 e. The second-order valence-electron chi connectivity index (χ2n) is 4.80. The summed E-state index contributed by atoms with van der Waals surface area (Å²) in [6.45, 7) is 4.23. The van der Waals surface area contributed by atoms with Gasteiger partial charge in [0.05, 0.1) is 0 Å². The molecule has 0 aromatic heterocycles. The SMILES string of the molecule is CC(C)c1ccc(C(=O)CCCCC(=O)O)cc1. The fourth-order valence-corrected chi connectivity index (χ4v) is 1.76. The zero-order valence-corrected chi connectivity index (χ0v) is 11.0. The molecule has 0 atom stereocenters. The highest BCUT2D eigenvalue weighted by atomic mass is 16.4. The summed E-state index contributed by atoms with van der Waals surface area (Å²) in [5, 5.41) is 8.49. The summed E-state index contributed by atoms with van der Waals surface area (Å²) < 4.78 is 0. The Balaban J connectivity index is 2.44. The number of hydrogen-bond acceptors (Lipinski definition) is 2. The molecule has 0 amide bonds. The van der Waals surface area contributed by atoms with E-state index in [2.05, 4.69) is 13.8 Å². The Labute approximate surface area is 108 Å². The molecule has 1 aromatic carbocycles. The maximum atomic E-state index is 11.8. The predicted octanol–water partition coefficient (Wildman–Crippen LogP) is 3.64. The van der Waals surface area contributed by atoms with Crippen LogP contribution in [0.1, 0.15) is 61.4 Å². The number of hydrogen-bond donors (Lipinski definition) is 1. The molecule has 0 aliphatic rings. The van der Waals surface area contributed by atoms with Gasteiger partial charge in [0.1, 0.15) is 0 Å². The van der Waals surface area contributed by atoms with E-state index in [9.17, 15) is 9.59 Å². The van der Waals surface area contributed by atoms with Crippen molar-refractivity contribution in [2.75, 3.05) is 0 Å². The van der Waals surface area contributed by atoms with Crippen LogP contribution in [-0.2, 0) is 4.79 Å². The van der Waals surface area contributed by atoms with Gasteiger partial charge >= 0.3 is 5.97 Å². The second-order valence-corrected chi connectivity index (χ2v) is 4.80. The molecule has 1 N–H and O–H groups in total. The molecule has 0 fully saturated rings. The van der Waals surface area contributed by atoms with Gasteiger partial charge < -0.3 is 5.11 Å². The number of carbonyl (C=O) groups is 2. The van der Waals surface area contributed by atoms with E-state index in [-0.39, 0.29) is 12.2 Å². The van der Waals surface area contributed by atoms with Gasteiger partial charge in [-0.2, -0.15) is 0 Å². The number of unbranched alkanes of at least 4 members (excludes halogenated alkanes) is 1. The van der Waals surface area contributed by atoms with Crippen LogP contribution >= 0.6 is 0 Å². The highest BCUT2D eigenvalue weighted by Gasteiger charge is 2.07. The zero-order chi connectivity index (χ0) is 13.5. The van der Waals surface area contributed by atoms with E-state index in [0.29, 0.717) is 25.2 Å². The third-order valence-corrected chi connectivity index (χ3v) is 2.94. The average molecular weight is 248 g/mol. The van der Waals surface area contributed by atoms with Crippen LogP contribution in [0.5, 0.6) is 0 Å². The zero-order valence-electron chi connectivity index (χ0n) is 11.0. The highest BCUT2D eigenvalue weighted by molar-refractivity contribution is 5.96. The fraction of sp³-hybridized carbons (Fsp3) is 0.467. The molecule has 1 aromatic rings. The first-order valence-electron chi connectivity index (χ1n) is 6.35. The third kappa shape index (κ3) is 4.70. The molecule has 0 aliphatic heterocycles. The van der Waals surface area contributed by atoms with E-state index < -0.39 is 5.97 Å². The van der Waals surface area contributed by atoms with Gasteiger partial charge in [-0.15, -0.1) is 0 Å². The number of carboxylic acids is 1. The van der Waals surface area contributed by atoms with E-state index in [4.69, 9.17) is 5.11 Å². The minimum absolute atomic E-state index is 0.0932. The van der Waals surface area contributed by atoms with Crippen molar-refractivity contribution >= 4 is 11.8 Å². The monoisotopic (exact) mass is 248 g/mol. The van der Waals surface area contributed by atoms with Gasteiger partial charge in [-0.3, -0.25) is 9.59 Å². The lowest BCUT2D eigenvalue weighted by atomic mass is 9.99. The van der Waals surface area contributed by atoms with Crippen molar-refractivity contribution in [1.82, 2.24) is 0 Å². The smallest absolute Gasteiger partial charge is 0.303 e. The van der Waals surface area contributed by atoms with Crippen LogP contribution in [0.25, 0.3) is 0 Å². The standard InChI is InChI=1S/C15H20O3/c1-11(2)12-7-9-13(10-8-12)14(16)5-3-4-6-15(17)18/h7-11H,3-6H2,1-2H3,(H,17,18). The summed E-state index contributed by atoms with van der Waals surface area (Å²) in [6.07, 6.45) is 1.76. The number of rotatable bonds is 7. The summed E-state index contributed by atoms with van der Waals surface area (Å²) in [5.74, 6) is -0.246. The van der Waals surface area contributed by atoms with E-state index in [0.717, 1.165) is 5.56 Å². The summed E-state index contributed by atoms with van der Waals surface area (Å²) in [5.41, 5.74) is 1.94. The van der Waals surface area contributed by atoms with E-state index in [1.54, 1.807) is 0 Å². The number of ketones is 1. The molecule has 0 unspecified atom stereocenters. The Morgan fingerprint density at radius 3 is 2.11 bits per heavy atom. The first kappa shape index (κ1) is 14.4. The Morgan fingerprint density at radius 2 is 1.61 bits per heavy atom. The summed E-state index contributed by atoms with van der Waals surface area (Å²) in [7, 11) is 0. The van der Waals surface area contributed by atoms with Gasteiger partial charge in [0, 0.05) is 18.4 Å². The van der Waals surface area contributed by atoms with Crippen LogP contribution in [0.3, 0.4) is 0 Å². The largest absolute Gasteiger partial charge is 0.481 e. The Hall–Kier alpha value is -1.64. The molecule has 0 saturated heterocycles. The molecule has 1 rings (SSSR count).